The Bertz CT molecular complexity index is 1030. The Labute approximate surface area is 173 Å². The quantitative estimate of drug-likeness (QED) is 0.588. The molecule has 0 aliphatic heterocycles. The highest BCUT2D eigenvalue weighted by atomic mass is 32.2. The topological polar surface area (TPSA) is 63.7 Å². The maximum absolute atomic E-state index is 12.9. The van der Waals surface area contributed by atoms with Gasteiger partial charge in [-0.1, -0.05) is 18.2 Å². The van der Waals surface area contributed by atoms with E-state index in [1.165, 1.54) is 12.1 Å². The van der Waals surface area contributed by atoms with E-state index in [2.05, 4.69) is 0 Å². The van der Waals surface area contributed by atoms with Crippen LogP contribution in [-0.2, 0) is 27.6 Å². The largest absolute Gasteiger partial charge is 0.416 e. The zero-order valence-electron chi connectivity index (χ0n) is 16.5. The van der Waals surface area contributed by atoms with Crippen molar-refractivity contribution in [1.82, 2.24) is 4.90 Å². The first-order chi connectivity index (χ1) is 14.0. The number of rotatable bonds is 7. The monoisotopic (exact) mass is 441 g/mol. The molecular formula is C21H22F3NO4S. The van der Waals surface area contributed by atoms with E-state index in [0.717, 1.165) is 31.0 Å². The van der Waals surface area contributed by atoms with E-state index in [1.807, 2.05) is 13.8 Å². The lowest BCUT2D eigenvalue weighted by atomic mass is 10.1. The molecule has 5 nitrogen and oxygen atoms in total. The van der Waals surface area contributed by atoms with Crippen molar-refractivity contribution >= 4 is 16.0 Å². The van der Waals surface area contributed by atoms with Crippen molar-refractivity contribution < 1.29 is 30.6 Å². The van der Waals surface area contributed by atoms with Gasteiger partial charge in [-0.2, -0.15) is 21.6 Å². The molecule has 0 unspecified atom stereocenters. The molecule has 1 saturated carbocycles. The normalized spacial score (nSPS) is 14.6. The number of hydrogen-bond donors (Lipinski definition) is 0. The molecule has 30 heavy (non-hydrogen) atoms. The van der Waals surface area contributed by atoms with Crippen LogP contribution < -0.4 is 4.18 Å². The molecule has 1 aliphatic carbocycles. The van der Waals surface area contributed by atoms with E-state index in [-0.39, 0.29) is 30.2 Å². The second kappa shape index (κ2) is 8.29. The number of benzene rings is 2. The Morgan fingerprint density at radius 3 is 2.40 bits per heavy atom. The SMILES string of the molecule is CC(C)N(Cc1cccc(OS(=O)(=O)c2cccc(C(F)(F)F)c2)c1)C(=O)C1CC1. The smallest absolute Gasteiger partial charge is 0.379 e. The minimum absolute atomic E-state index is 0.0310. The number of nitrogens with zero attached hydrogens (tertiary/aromatic N) is 1. The summed E-state index contributed by atoms with van der Waals surface area (Å²) in [6.45, 7) is 4.09. The molecule has 1 aliphatic rings. The maximum Gasteiger partial charge on any atom is 0.416 e. The van der Waals surface area contributed by atoms with Gasteiger partial charge >= 0.3 is 16.3 Å². The summed E-state index contributed by atoms with van der Waals surface area (Å²) in [5.74, 6) is 0.0773. The van der Waals surface area contributed by atoms with E-state index in [9.17, 15) is 26.4 Å². The lowest BCUT2D eigenvalue weighted by Crippen LogP contribution is -2.37. The van der Waals surface area contributed by atoms with Crippen LogP contribution in [0.15, 0.2) is 53.4 Å². The Morgan fingerprint density at radius 1 is 1.13 bits per heavy atom. The molecule has 162 valence electrons. The minimum atomic E-state index is -4.67. The molecule has 0 radical (unpaired) electrons. The second-order valence-electron chi connectivity index (χ2n) is 7.54. The van der Waals surface area contributed by atoms with Crippen LogP contribution in [0.5, 0.6) is 5.75 Å². The van der Waals surface area contributed by atoms with Crippen LogP contribution in [0.25, 0.3) is 0 Å². The molecule has 9 heteroatoms. The van der Waals surface area contributed by atoms with Crippen molar-refractivity contribution in [3.05, 3.63) is 59.7 Å². The second-order valence-corrected chi connectivity index (χ2v) is 9.09. The minimum Gasteiger partial charge on any atom is -0.379 e. The fourth-order valence-corrected chi connectivity index (χ4v) is 3.94. The zero-order chi connectivity index (χ0) is 22.1. The van der Waals surface area contributed by atoms with Gasteiger partial charge in [-0.05, 0) is 62.6 Å². The van der Waals surface area contributed by atoms with Gasteiger partial charge in [0.25, 0.3) is 0 Å². The van der Waals surface area contributed by atoms with Gasteiger partial charge in [-0.3, -0.25) is 4.79 Å². The van der Waals surface area contributed by atoms with E-state index >= 15 is 0 Å². The Hall–Kier alpha value is -2.55. The molecule has 0 atom stereocenters. The fourth-order valence-electron chi connectivity index (χ4n) is 2.97. The first-order valence-electron chi connectivity index (χ1n) is 9.48. The van der Waals surface area contributed by atoms with Crippen LogP contribution in [0.1, 0.15) is 37.8 Å². The first kappa shape index (κ1) is 22.1. The highest BCUT2D eigenvalue weighted by Gasteiger charge is 2.34. The van der Waals surface area contributed by atoms with Gasteiger partial charge in [0.05, 0.1) is 5.56 Å². The lowest BCUT2D eigenvalue weighted by Gasteiger charge is -2.27. The molecule has 2 aromatic carbocycles. The van der Waals surface area contributed by atoms with Crippen molar-refractivity contribution in [2.24, 2.45) is 5.92 Å². The van der Waals surface area contributed by atoms with Crippen LogP contribution >= 0.6 is 0 Å². The number of carbonyl (C=O) groups is 1. The Morgan fingerprint density at radius 2 is 1.80 bits per heavy atom. The lowest BCUT2D eigenvalue weighted by molar-refractivity contribution is -0.138. The first-order valence-corrected chi connectivity index (χ1v) is 10.9. The third-order valence-electron chi connectivity index (χ3n) is 4.74. The van der Waals surface area contributed by atoms with Gasteiger partial charge < -0.3 is 9.08 Å². The van der Waals surface area contributed by atoms with Gasteiger partial charge in [0.15, 0.2) is 0 Å². The van der Waals surface area contributed by atoms with Crippen molar-refractivity contribution in [3.8, 4) is 5.75 Å². The Kier molecular flexibility index (Phi) is 6.12. The van der Waals surface area contributed by atoms with Crippen molar-refractivity contribution in [2.75, 3.05) is 0 Å². The molecule has 3 rings (SSSR count). The van der Waals surface area contributed by atoms with Gasteiger partial charge in [-0.25, -0.2) is 0 Å². The van der Waals surface area contributed by atoms with Gasteiger partial charge in [0.2, 0.25) is 5.91 Å². The summed E-state index contributed by atoms with van der Waals surface area (Å²) < 4.78 is 68.7. The number of halogens is 3. The summed E-state index contributed by atoms with van der Waals surface area (Å²) in [7, 11) is -4.46. The van der Waals surface area contributed by atoms with E-state index in [0.29, 0.717) is 11.6 Å². The molecule has 0 saturated heterocycles. The van der Waals surface area contributed by atoms with Gasteiger partial charge in [-0.15, -0.1) is 0 Å². The molecule has 0 aromatic heterocycles. The molecule has 0 N–H and O–H groups in total. The van der Waals surface area contributed by atoms with Crippen molar-refractivity contribution in [2.45, 2.75) is 50.3 Å². The number of carbonyl (C=O) groups excluding carboxylic acids is 1. The fraction of sp³-hybridized carbons (Fsp3) is 0.381. The summed E-state index contributed by atoms with van der Waals surface area (Å²) in [6, 6.07) is 9.54. The summed E-state index contributed by atoms with van der Waals surface area (Å²) >= 11 is 0. The van der Waals surface area contributed by atoms with Gasteiger partial charge in [0, 0.05) is 18.5 Å². The summed E-state index contributed by atoms with van der Waals surface area (Å²) in [6.07, 6.45) is -2.92. The van der Waals surface area contributed by atoms with Crippen molar-refractivity contribution in [3.63, 3.8) is 0 Å². The maximum atomic E-state index is 12.9. The van der Waals surface area contributed by atoms with E-state index in [1.54, 1.807) is 17.0 Å². The molecular weight excluding hydrogens is 419 g/mol. The van der Waals surface area contributed by atoms with Crippen LogP contribution in [0, 0.1) is 5.92 Å². The summed E-state index contributed by atoms with van der Waals surface area (Å²) in [4.78, 5) is 13.6. The molecule has 0 spiro atoms. The molecule has 2 aromatic rings. The Balaban J connectivity index is 1.80. The highest BCUT2D eigenvalue weighted by Crippen LogP contribution is 2.33. The van der Waals surface area contributed by atoms with Gasteiger partial charge in [0.1, 0.15) is 10.6 Å². The average molecular weight is 441 g/mol. The summed E-state index contributed by atoms with van der Waals surface area (Å²) in [5, 5.41) is 0. The standard InChI is InChI=1S/C21H22F3NO4S/c1-14(2)25(20(26)16-9-10-16)13-15-5-3-7-18(11-15)29-30(27,28)19-8-4-6-17(12-19)21(22,23)24/h3-8,11-12,14,16H,9-10,13H2,1-2H3. The molecule has 0 heterocycles. The average Bonchev–Trinajstić information content (AvgIpc) is 3.50. The molecule has 1 amide bonds. The van der Waals surface area contributed by atoms with E-state index in [4.69, 9.17) is 4.18 Å². The highest BCUT2D eigenvalue weighted by molar-refractivity contribution is 7.87. The molecule has 0 bridgehead atoms. The number of hydrogen-bond acceptors (Lipinski definition) is 4. The van der Waals surface area contributed by atoms with Crippen LogP contribution in [0.4, 0.5) is 13.2 Å². The third-order valence-corrected chi connectivity index (χ3v) is 5.98. The van der Waals surface area contributed by atoms with Crippen LogP contribution in [0.2, 0.25) is 0 Å². The van der Waals surface area contributed by atoms with E-state index < -0.39 is 26.8 Å². The third kappa shape index (κ3) is 5.33. The zero-order valence-corrected chi connectivity index (χ0v) is 17.3. The predicted octanol–water partition coefficient (Wildman–Crippen LogP) is 4.62. The van der Waals surface area contributed by atoms with Crippen LogP contribution in [-0.4, -0.2) is 25.3 Å². The van der Waals surface area contributed by atoms with Crippen molar-refractivity contribution in [1.29, 1.82) is 0 Å². The number of amides is 1. The van der Waals surface area contributed by atoms with Crippen LogP contribution in [0.3, 0.4) is 0 Å². The predicted molar refractivity (Wildman–Crippen MR) is 104 cm³/mol. The summed E-state index contributed by atoms with van der Waals surface area (Å²) in [5.41, 5.74) is -0.415. The number of alkyl halides is 3. The molecule has 1 fully saturated rings.